The summed E-state index contributed by atoms with van der Waals surface area (Å²) < 4.78 is 26.6. The first kappa shape index (κ1) is 13.0. The van der Waals surface area contributed by atoms with Crippen molar-refractivity contribution in [3.63, 3.8) is 0 Å². The number of hydrogen-bond acceptors (Lipinski definition) is 2. The predicted molar refractivity (Wildman–Crippen MR) is 63.9 cm³/mol. The first-order chi connectivity index (χ1) is 8.61. The van der Waals surface area contributed by atoms with Gasteiger partial charge in [0, 0.05) is 18.7 Å². The second kappa shape index (κ2) is 5.44. The molecule has 0 saturated carbocycles. The van der Waals surface area contributed by atoms with Crippen LogP contribution in [-0.4, -0.2) is 30.4 Å². The first-order valence-corrected chi connectivity index (χ1v) is 6.02. The Morgan fingerprint density at radius 1 is 1.44 bits per heavy atom. The standard InChI is InChI=1S/C13H16F2N2O/c1-16-12-3-2-6-17(13(12)18)8-9-7-10(14)4-5-11(9)15/h4-5,7,12,16H,2-3,6,8H2,1H3. The predicted octanol–water partition coefficient (Wildman–Crippen LogP) is 1.68. The lowest BCUT2D eigenvalue weighted by Gasteiger charge is -2.32. The molecule has 3 nitrogen and oxygen atoms in total. The Morgan fingerprint density at radius 3 is 2.94 bits per heavy atom. The van der Waals surface area contributed by atoms with Gasteiger partial charge >= 0.3 is 0 Å². The molecule has 18 heavy (non-hydrogen) atoms. The first-order valence-electron chi connectivity index (χ1n) is 6.02. The van der Waals surface area contributed by atoms with Crippen LogP contribution in [0.5, 0.6) is 0 Å². The summed E-state index contributed by atoms with van der Waals surface area (Å²) in [6.07, 6.45) is 1.66. The van der Waals surface area contributed by atoms with Gasteiger partial charge in [0.1, 0.15) is 11.6 Å². The summed E-state index contributed by atoms with van der Waals surface area (Å²) in [6.45, 7) is 0.716. The van der Waals surface area contributed by atoms with Crippen LogP contribution in [0.25, 0.3) is 0 Å². The summed E-state index contributed by atoms with van der Waals surface area (Å²) >= 11 is 0. The van der Waals surface area contributed by atoms with Gasteiger partial charge in [-0.1, -0.05) is 0 Å². The van der Waals surface area contributed by atoms with Gasteiger partial charge in [0.15, 0.2) is 0 Å². The maximum Gasteiger partial charge on any atom is 0.239 e. The zero-order chi connectivity index (χ0) is 13.1. The Hall–Kier alpha value is -1.49. The number of hydrogen-bond donors (Lipinski definition) is 1. The van der Waals surface area contributed by atoms with Crippen molar-refractivity contribution in [3.8, 4) is 0 Å². The highest BCUT2D eigenvalue weighted by Gasteiger charge is 2.27. The number of carbonyl (C=O) groups is 1. The molecule has 1 saturated heterocycles. The smallest absolute Gasteiger partial charge is 0.239 e. The third-order valence-electron chi connectivity index (χ3n) is 3.25. The average molecular weight is 254 g/mol. The Morgan fingerprint density at radius 2 is 2.22 bits per heavy atom. The lowest BCUT2D eigenvalue weighted by molar-refractivity contribution is -0.136. The molecule has 1 aromatic rings. The SMILES string of the molecule is CNC1CCCN(Cc2cc(F)ccc2F)C1=O. The molecule has 1 unspecified atom stereocenters. The van der Waals surface area contributed by atoms with Crippen LogP contribution in [0.15, 0.2) is 18.2 Å². The van der Waals surface area contributed by atoms with Crippen molar-refractivity contribution in [3.05, 3.63) is 35.4 Å². The quantitative estimate of drug-likeness (QED) is 0.890. The molecule has 1 aliphatic rings. The molecule has 1 aliphatic heterocycles. The zero-order valence-electron chi connectivity index (χ0n) is 10.2. The molecule has 0 aromatic heterocycles. The van der Waals surface area contributed by atoms with E-state index >= 15 is 0 Å². The van der Waals surface area contributed by atoms with Crippen LogP contribution in [-0.2, 0) is 11.3 Å². The molecular formula is C13H16F2N2O. The number of likely N-dealkylation sites (tertiary alicyclic amines) is 1. The minimum Gasteiger partial charge on any atom is -0.337 e. The molecule has 5 heteroatoms. The van der Waals surface area contributed by atoms with Crippen molar-refractivity contribution in [2.45, 2.75) is 25.4 Å². The molecule has 1 aromatic carbocycles. The monoisotopic (exact) mass is 254 g/mol. The maximum atomic E-state index is 13.5. The minimum absolute atomic E-state index is 0.0487. The molecule has 1 atom stereocenters. The van der Waals surface area contributed by atoms with E-state index in [9.17, 15) is 13.6 Å². The molecule has 0 aliphatic carbocycles. The number of benzene rings is 1. The van der Waals surface area contributed by atoms with Gasteiger partial charge in [-0.2, -0.15) is 0 Å². The summed E-state index contributed by atoms with van der Waals surface area (Å²) in [7, 11) is 1.73. The van der Waals surface area contributed by atoms with Crippen LogP contribution < -0.4 is 5.32 Å². The molecule has 0 spiro atoms. The van der Waals surface area contributed by atoms with E-state index in [0.717, 1.165) is 31.0 Å². The summed E-state index contributed by atoms with van der Waals surface area (Å²) in [4.78, 5) is 13.6. The van der Waals surface area contributed by atoms with E-state index in [0.29, 0.717) is 6.54 Å². The molecule has 0 bridgehead atoms. The summed E-state index contributed by atoms with van der Waals surface area (Å²) in [6, 6.07) is 3.10. The van der Waals surface area contributed by atoms with Gasteiger partial charge in [-0.15, -0.1) is 0 Å². The van der Waals surface area contributed by atoms with Gasteiger partial charge in [-0.3, -0.25) is 4.79 Å². The third kappa shape index (κ3) is 2.67. The number of halogens is 2. The normalized spacial score (nSPS) is 20.3. The van der Waals surface area contributed by atoms with E-state index in [-0.39, 0.29) is 24.1 Å². The summed E-state index contributed by atoms with van der Waals surface area (Å²) in [5.41, 5.74) is 0.222. The Balaban J connectivity index is 2.13. The van der Waals surface area contributed by atoms with Gasteiger partial charge in [0.05, 0.1) is 6.04 Å². The topological polar surface area (TPSA) is 32.3 Å². The number of nitrogens with one attached hydrogen (secondary N) is 1. The Bertz CT molecular complexity index is 451. The fraction of sp³-hybridized carbons (Fsp3) is 0.462. The Labute approximate surface area is 105 Å². The van der Waals surface area contributed by atoms with Crippen LogP contribution in [0.4, 0.5) is 8.78 Å². The highest BCUT2D eigenvalue weighted by molar-refractivity contribution is 5.82. The summed E-state index contributed by atoms with van der Waals surface area (Å²) in [5.74, 6) is -1.01. The van der Waals surface area contributed by atoms with E-state index in [1.165, 1.54) is 0 Å². The van der Waals surface area contributed by atoms with E-state index in [1.807, 2.05) is 0 Å². The zero-order valence-corrected chi connectivity index (χ0v) is 10.2. The second-order valence-electron chi connectivity index (χ2n) is 4.48. The largest absolute Gasteiger partial charge is 0.337 e. The number of rotatable bonds is 3. The van der Waals surface area contributed by atoms with Crippen LogP contribution in [0, 0.1) is 11.6 Å². The third-order valence-corrected chi connectivity index (χ3v) is 3.25. The van der Waals surface area contributed by atoms with Crippen LogP contribution in [0.1, 0.15) is 18.4 Å². The lowest BCUT2D eigenvalue weighted by Crippen LogP contribution is -2.49. The summed E-state index contributed by atoms with van der Waals surface area (Å²) in [5, 5.41) is 2.94. The number of likely N-dealkylation sites (N-methyl/N-ethyl adjacent to an activating group) is 1. The molecule has 1 fully saturated rings. The number of nitrogens with zero attached hydrogens (tertiary/aromatic N) is 1. The molecule has 1 heterocycles. The van der Waals surface area contributed by atoms with Gasteiger partial charge in [0.25, 0.3) is 0 Å². The van der Waals surface area contributed by atoms with Gasteiger partial charge in [0.2, 0.25) is 5.91 Å². The van der Waals surface area contributed by atoms with Gasteiger partial charge in [-0.25, -0.2) is 8.78 Å². The van der Waals surface area contributed by atoms with Crippen molar-refractivity contribution < 1.29 is 13.6 Å². The van der Waals surface area contributed by atoms with E-state index in [4.69, 9.17) is 0 Å². The minimum atomic E-state index is -0.485. The lowest BCUT2D eigenvalue weighted by atomic mass is 10.0. The maximum absolute atomic E-state index is 13.5. The fourth-order valence-electron chi connectivity index (χ4n) is 2.24. The van der Waals surface area contributed by atoms with E-state index < -0.39 is 11.6 Å². The van der Waals surface area contributed by atoms with Gasteiger partial charge < -0.3 is 10.2 Å². The number of carbonyl (C=O) groups excluding carboxylic acids is 1. The Kier molecular flexibility index (Phi) is 3.91. The van der Waals surface area contributed by atoms with Crippen LogP contribution >= 0.6 is 0 Å². The van der Waals surface area contributed by atoms with Crippen molar-refractivity contribution in [2.24, 2.45) is 0 Å². The van der Waals surface area contributed by atoms with Crippen LogP contribution in [0.2, 0.25) is 0 Å². The van der Waals surface area contributed by atoms with E-state index in [2.05, 4.69) is 5.32 Å². The van der Waals surface area contributed by atoms with Crippen molar-refractivity contribution in [1.29, 1.82) is 0 Å². The second-order valence-corrected chi connectivity index (χ2v) is 4.48. The molecule has 1 N–H and O–H groups in total. The van der Waals surface area contributed by atoms with Crippen LogP contribution in [0.3, 0.4) is 0 Å². The van der Waals surface area contributed by atoms with Crippen molar-refractivity contribution >= 4 is 5.91 Å². The number of amides is 1. The van der Waals surface area contributed by atoms with Crippen molar-refractivity contribution in [2.75, 3.05) is 13.6 Å². The highest BCUT2D eigenvalue weighted by atomic mass is 19.1. The highest BCUT2D eigenvalue weighted by Crippen LogP contribution is 2.17. The van der Waals surface area contributed by atoms with Gasteiger partial charge in [-0.05, 0) is 38.1 Å². The molecule has 0 radical (unpaired) electrons. The molecular weight excluding hydrogens is 238 g/mol. The van der Waals surface area contributed by atoms with Crippen molar-refractivity contribution in [1.82, 2.24) is 10.2 Å². The fourth-order valence-corrected chi connectivity index (χ4v) is 2.24. The molecule has 98 valence electrons. The molecule has 1 amide bonds. The molecule has 2 rings (SSSR count). The average Bonchev–Trinajstić information content (AvgIpc) is 2.36. The number of piperidine rings is 1. The van der Waals surface area contributed by atoms with E-state index in [1.54, 1.807) is 11.9 Å².